The Morgan fingerprint density at radius 2 is 2.25 bits per heavy atom. The molecule has 20 heavy (non-hydrogen) atoms. The molecule has 2 aliphatic heterocycles. The molecule has 116 valence electrons. The molecule has 2 amide bonds. The third-order valence-electron chi connectivity index (χ3n) is 4.19. The van der Waals surface area contributed by atoms with Crippen LogP contribution in [-0.2, 0) is 4.74 Å². The van der Waals surface area contributed by atoms with E-state index in [0.29, 0.717) is 6.10 Å². The Bertz CT molecular complexity index is 300. The van der Waals surface area contributed by atoms with Gasteiger partial charge in [0.25, 0.3) is 0 Å². The molecule has 4 nitrogen and oxygen atoms in total. The zero-order valence-electron chi connectivity index (χ0n) is 12.6. The summed E-state index contributed by atoms with van der Waals surface area (Å²) in [5.74, 6) is 1.22. The summed E-state index contributed by atoms with van der Waals surface area (Å²) in [5.41, 5.74) is 0. The van der Waals surface area contributed by atoms with E-state index in [-0.39, 0.29) is 10.8 Å². The van der Waals surface area contributed by atoms with Crippen LogP contribution in [0, 0.1) is 0 Å². The molecule has 2 aliphatic rings. The summed E-state index contributed by atoms with van der Waals surface area (Å²) in [4.78, 5) is 11.7. The van der Waals surface area contributed by atoms with Crippen LogP contribution in [0.25, 0.3) is 0 Å². The standard InChI is InChI=1S/C15H28N2O2S/c1-15(8-5-11-20-15)12-17-14(18)16-9-4-7-13-6-2-3-10-19-13/h13H,2-12H2,1H3,(H2,16,17,18). The first-order valence-corrected chi connectivity index (χ1v) is 8.94. The molecule has 2 unspecified atom stereocenters. The molecular formula is C15H28N2O2S. The first kappa shape index (κ1) is 16.0. The summed E-state index contributed by atoms with van der Waals surface area (Å²) >= 11 is 1.97. The van der Waals surface area contributed by atoms with E-state index in [2.05, 4.69) is 17.6 Å². The quantitative estimate of drug-likeness (QED) is 0.742. The van der Waals surface area contributed by atoms with Crippen LogP contribution in [0.4, 0.5) is 4.79 Å². The number of rotatable bonds is 6. The number of urea groups is 1. The van der Waals surface area contributed by atoms with Gasteiger partial charge in [0.1, 0.15) is 0 Å². The normalized spacial score (nSPS) is 30.1. The Labute approximate surface area is 126 Å². The highest BCUT2D eigenvalue weighted by Gasteiger charge is 2.29. The van der Waals surface area contributed by atoms with Gasteiger partial charge in [-0.2, -0.15) is 11.8 Å². The third kappa shape index (κ3) is 5.52. The molecule has 0 aromatic heterocycles. The fourth-order valence-corrected chi connectivity index (χ4v) is 4.12. The SMILES string of the molecule is CC1(CNC(=O)NCCCC2CCCCO2)CCCS1. The highest BCUT2D eigenvalue weighted by molar-refractivity contribution is 8.00. The highest BCUT2D eigenvalue weighted by Crippen LogP contribution is 2.36. The van der Waals surface area contributed by atoms with E-state index in [1.165, 1.54) is 37.9 Å². The average Bonchev–Trinajstić information content (AvgIpc) is 2.90. The summed E-state index contributed by atoms with van der Waals surface area (Å²) in [6.45, 7) is 4.67. The molecule has 0 aliphatic carbocycles. The third-order valence-corrected chi connectivity index (χ3v) is 5.72. The highest BCUT2D eigenvalue weighted by atomic mass is 32.2. The van der Waals surface area contributed by atoms with Crippen LogP contribution in [0.5, 0.6) is 0 Å². The maximum Gasteiger partial charge on any atom is 0.314 e. The predicted octanol–water partition coefficient (Wildman–Crippen LogP) is 2.92. The van der Waals surface area contributed by atoms with E-state index < -0.39 is 0 Å². The second-order valence-electron chi connectivity index (χ2n) is 6.14. The Balaban J connectivity index is 1.49. The van der Waals surface area contributed by atoms with Crippen molar-refractivity contribution in [3.05, 3.63) is 0 Å². The molecule has 0 saturated carbocycles. The van der Waals surface area contributed by atoms with Crippen molar-refractivity contribution in [3.63, 3.8) is 0 Å². The van der Waals surface area contributed by atoms with Crippen molar-refractivity contribution < 1.29 is 9.53 Å². The Morgan fingerprint density at radius 3 is 2.95 bits per heavy atom. The van der Waals surface area contributed by atoms with Crippen molar-refractivity contribution in [1.82, 2.24) is 10.6 Å². The average molecular weight is 300 g/mol. The number of thioether (sulfide) groups is 1. The van der Waals surface area contributed by atoms with Gasteiger partial charge in [-0.1, -0.05) is 0 Å². The topological polar surface area (TPSA) is 50.4 Å². The second-order valence-corrected chi connectivity index (χ2v) is 7.82. The molecule has 2 fully saturated rings. The molecule has 0 spiro atoms. The number of carbonyl (C=O) groups is 1. The summed E-state index contributed by atoms with van der Waals surface area (Å²) in [6, 6.07) is -0.0247. The van der Waals surface area contributed by atoms with Crippen molar-refractivity contribution in [3.8, 4) is 0 Å². The maximum absolute atomic E-state index is 11.7. The molecule has 0 radical (unpaired) electrons. The molecule has 2 saturated heterocycles. The molecule has 0 aromatic carbocycles. The van der Waals surface area contributed by atoms with Crippen LogP contribution >= 0.6 is 11.8 Å². The number of hydrogen-bond donors (Lipinski definition) is 2. The number of amides is 2. The van der Waals surface area contributed by atoms with Crippen molar-refractivity contribution in [2.45, 2.75) is 62.7 Å². The number of nitrogens with one attached hydrogen (secondary N) is 2. The fourth-order valence-electron chi connectivity index (χ4n) is 2.87. The Morgan fingerprint density at radius 1 is 1.35 bits per heavy atom. The molecule has 2 rings (SSSR count). The maximum atomic E-state index is 11.7. The van der Waals surface area contributed by atoms with Crippen LogP contribution in [0.1, 0.15) is 51.9 Å². The molecule has 0 aromatic rings. The predicted molar refractivity (Wildman–Crippen MR) is 84.3 cm³/mol. The summed E-state index contributed by atoms with van der Waals surface area (Å²) < 4.78 is 5.93. The minimum atomic E-state index is -0.0247. The van der Waals surface area contributed by atoms with Gasteiger partial charge in [-0.3, -0.25) is 0 Å². The summed E-state index contributed by atoms with van der Waals surface area (Å²) in [5, 5.41) is 5.95. The van der Waals surface area contributed by atoms with Gasteiger partial charge in [-0.15, -0.1) is 0 Å². The van der Waals surface area contributed by atoms with Crippen LogP contribution in [0.2, 0.25) is 0 Å². The monoisotopic (exact) mass is 300 g/mol. The first-order chi connectivity index (χ1) is 9.68. The fraction of sp³-hybridized carbons (Fsp3) is 0.933. The van der Waals surface area contributed by atoms with Gasteiger partial charge < -0.3 is 15.4 Å². The number of ether oxygens (including phenoxy) is 1. The van der Waals surface area contributed by atoms with E-state index in [0.717, 1.165) is 32.5 Å². The van der Waals surface area contributed by atoms with Crippen molar-refractivity contribution in [2.75, 3.05) is 25.4 Å². The van der Waals surface area contributed by atoms with Gasteiger partial charge in [0.2, 0.25) is 0 Å². The van der Waals surface area contributed by atoms with Crippen LogP contribution in [-0.4, -0.2) is 42.3 Å². The number of carbonyl (C=O) groups excluding carboxylic acids is 1. The lowest BCUT2D eigenvalue weighted by atomic mass is 10.0. The summed E-state index contributed by atoms with van der Waals surface area (Å²) in [6.07, 6.45) is 8.63. The van der Waals surface area contributed by atoms with E-state index in [1.807, 2.05) is 11.8 Å². The van der Waals surface area contributed by atoms with Gasteiger partial charge in [0.15, 0.2) is 0 Å². The molecule has 2 heterocycles. The minimum absolute atomic E-state index is 0.0247. The summed E-state index contributed by atoms with van der Waals surface area (Å²) in [7, 11) is 0. The van der Waals surface area contributed by atoms with Gasteiger partial charge >= 0.3 is 6.03 Å². The van der Waals surface area contributed by atoms with Gasteiger partial charge in [0, 0.05) is 24.4 Å². The lowest BCUT2D eigenvalue weighted by molar-refractivity contribution is 0.0103. The van der Waals surface area contributed by atoms with Crippen LogP contribution in [0.15, 0.2) is 0 Å². The number of hydrogen-bond acceptors (Lipinski definition) is 3. The smallest absolute Gasteiger partial charge is 0.314 e. The van der Waals surface area contributed by atoms with Crippen molar-refractivity contribution in [1.29, 1.82) is 0 Å². The van der Waals surface area contributed by atoms with Crippen LogP contribution < -0.4 is 10.6 Å². The zero-order chi connectivity index (χ0) is 14.3. The van der Waals surface area contributed by atoms with Crippen molar-refractivity contribution in [2.24, 2.45) is 0 Å². The molecular weight excluding hydrogens is 272 g/mol. The van der Waals surface area contributed by atoms with E-state index >= 15 is 0 Å². The minimum Gasteiger partial charge on any atom is -0.378 e. The van der Waals surface area contributed by atoms with Crippen LogP contribution in [0.3, 0.4) is 0 Å². The van der Waals surface area contributed by atoms with E-state index in [9.17, 15) is 4.79 Å². The second kappa shape index (κ2) is 8.13. The van der Waals surface area contributed by atoms with Gasteiger partial charge in [-0.25, -0.2) is 4.79 Å². The zero-order valence-corrected chi connectivity index (χ0v) is 13.4. The van der Waals surface area contributed by atoms with Gasteiger partial charge in [0.05, 0.1) is 6.10 Å². The lowest BCUT2D eigenvalue weighted by Gasteiger charge is -2.23. The Hall–Kier alpha value is -0.420. The lowest BCUT2D eigenvalue weighted by Crippen LogP contribution is -2.42. The first-order valence-electron chi connectivity index (χ1n) is 7.95. The largest absolute Gasteiger partial charge is 0.378 e. The van der Waals surface area contributed by atoms with Gasteiger partial charge in [-0.05, 0) is 57.6 Å². The molecule has 2 N–H and O–H groups in total. The van der Waals surface area contributed by atoms with E-state index in [4.69, 9.17) is 4.74 Å². The molecule has 2 atom stereocenters. The molecule has 0 bridgehead atoms. The molecule has 5 heteroatoms. The Kier molecular flexibility index (Phi) is 6.49. The van der Waals surface area contributed by atoms with Crippen molar-refractivity contribution >= 4 is 17.8 Å². The van der Waals surface area contributed by atoms with E-state index in [1.54, 1.807) is 0 Å².